The van der Waals surface area contributed by atoms with E-state index in [0.717, 1.165) is 36.8 Å². The molecule has 1 aromatic carbocycles. The first-order valence-electron chi connectivity index (χ1n) is 11.0. The number of hydrogen-bond acceptors (Lipinski definition) is 3. The van der Waals surface area contributed by atoms with Crippen LogP contribution < -0.4 is 5.32 Å². The van der Waals surface area contributed by atoms with E-state index in [9.17, 15) is 0 Å². The Morgan fingerprint density at radius 2 is 1.94 bits per heavy atom. The molecule has 5 rings (SSSR count). The molecule has 2 aliphatic heterocycles. The van der Waals surface area contributed by atoms with Crippen molar-refractivity contribution in [3.8, 4) is 5.69 Å². The van der Waals surface area contributed by atoms with Crippen LogP contribution in [0.4, 0.5) is 0 Å². The number of nitrogens with one attached hydrogen (secondary N) is 1. The molecule has 31 heavy (non-hydrogen) atoms. The van der Waals surface area contributed by atoms with Gasteiger partial charge in [-0.2, -0.15) is 0 Å². The lowest BCUT2D eigenvalue weighted by Crippen LogP contribution is -2.36. The molecule has 3 aromatic rings. The minimum atomic E-state index is -0.000161. The number of hydrogen-bond donors (Lipinski definition) is 1. The number of aryl methyl sites for hydroxylation is 1. The van der Waals surface area contributed by atoms with Crippen molar-refractivity contribution in [2.24, 2.45) is 0 Å². The molecule has 5 nitrogen and oxygen atoms in total. The highest BCUT2D eigenvalue weighted by Crippen LogP contribution is 2.41. The largest absolute Gasteiger partial charge is 0.376 e. The molecule has 0 unspecified atom stereocenters. The smallest absolute Gasteiger partial charge is 0.170 e. The third-order valence-electron chi connectivity index (χ3n) is 6.43. The molecule has 1 N–H and O–H groups in total. The number of thiocarbonyl (C=S) groups is 1. The van der Waals surface area contributed by atoms with Crippen LogP contribution in [0, 0.1) is 13.8 Å². The molecule has 2 saturated heterocycles. The average molecular weight is 433 g/mol. The quantitative estimate of drug-likeness (QED) is 0.595. The Bertz CT molecular complexity index is 1060. The molecule has 0 aliphatic carbocycles. The van der Waals surface area contributed by atoms with Gasteiger partial charge in [0, 0.05) is 36.4 Å². The molecule has 0 spiro atoms. The van der Waals surface area contributed by atoms with E-state index in [2.05, 4.69) is 76.1 Å². The maximum Gasteiger partial charge on any atom is 0.170 e. The number of para-hydroxylation sites is 1. The standard InChI is InChI=1S/C25H28N4OS/c1-17-15-21(18(2)29(17)19-9-4-3-5-10-19)24-23(22-12-6-7-13-26-22)27-25(31)28(24)16-20-11-8-14-30-20/h3-7,9-10,12-13,15,20,23-24H,8,11,14,16H2,1-2H3,(H,27,31)/t20-,23+,24-/m0/s1. The molecule has 2 aliphatic rings. The molecule has 0 saturated carbocycles. The number of ether oxygens (including phenoxy) is 1. The van der Waals surface area contributed by atoms with Crippen LogP contribution >= 0.6 is 12.2 Å². The first kappa shape index (κ1) is 20.2. The van der Waals surface area contributed by atoms with Crippen molar-refractivity contribution in [1.29, 1.82) is 0 Å². The maximum atomic E-state index is 5.97. The topological polar surface area (TPSA) is 42.3 Å². The molecule has 160 valence electrons. The first-order valence-corrected chi connectivity index (χ1v) is 11.4. The first-order chi connectivity index (χ1) is 15.1. The van der Waals surface area contributed by atoms with Gasteiger partial charge < -0.3 is 19.5 Å². The number of benzene rings is 1. The molecule has 0 bridgehead atoms. The van der Waals surface area contributed by atoms with Gasteiger partial charge in [0.15, 0.2) is 5.11 Å². The molecular formula is C25H28N4OS. The van der Waals surface area contributed by atoms with Gasteiger partial charge in [-0.3, -0.25) is 4.98 Å². The lowest BCUT2D eigenvalue weighted by atomic mass is 9.96. The summed E-state index contributed by atoms with van der Waals surface area (Å²) in [6, 6.07) is 19.0. The third kappa shape index (κ3) is 3.75. The predicted molar refractivity (Wildman–Crippen MR) is 126 cm³/mol. The normalized spacial score (nSPS) is 23.4. The SMILES string of the molecule is Cc1cc([C@H]2[C@@H](c3ccccn3)NC(=S)N2C[C@@H]2CCCO2)c(C)n1-c1ccccc1. The summed E-state index contributed by atoms with van der Waals surface area (Å²) in [4.78, 5) is 6.99. The van der Waals surface area contributed by atoms with Crippen molar-refractivity contribution < 1.29 is 4.74 Å². The van der Waals surface area contributed by atoms with E-state index < -0.39 is 0 Å². The van der Waals surface area contributed by atoms with Crippen molar-refractivity contribution in [2.45, 2.75) is 44.9 Å². The lowest BCUT2D eigenvalue weighted by molar-refractivity contribution is 0.0842. The van der Waals surface area contributed by atoms with Crippen molar-refractivity contribution in [2.75, 3.05) is 13.2 Å². The highest BCUT2D eigenvalue weighted by Gasteiger charge is 2.42. The van der Waals surface area contributed by atoms with Crippen LogP contribution in [0.2, 0.25) is 0 Å². The second-order valence-electron chi connectivity index (χ2n) is 8.41. The van der Waals surface area contributed by atoms with Crippen LogP contribution in [-0.2, 0) is 4.74 Å². The zero-order valence-electron chi connectivity index (χ0n) is 18.0. The van der Waals surface area contributed by atoms with Gasteiger partial charge in [-0.1, -0.05) is 24.3 Å². The fraction of sp³-hybridized carbons (Fsp3) is 0.360. The summed E-state index contributed by atoms with van der Waals surface area (Å²) in [6.07, 6.45) is 4.29. The van der Waals surface area contributed by atoms with Gasteiger partial charge in [-0.15, -0.1) is 0 Å². The zero-order valence-corrected chi connectivity index (χ0v) is 18.8. The number of nitrogens with zero attached hydrogens (tertiary/aromatic N) is 3. The van der Waals surface area contributed by atoms with E-state index in [1.165, 1.54) is 22.6 Å². The summed E-state index contributed by atoms with van der Waals surface area (Å²) in [5.41, 5.74) is 5.92. The zero-order chi connectivity index (χ0) is 21.4. The summed E-state index contributed by atoms with van der Waals surface area (Å²) in [5, 5.41) is 4.35. The van der Waals surface area contributed by atoms with Crippen LogP contribution in [0.1, 0.15) is 47.6 Å². The monoisotopic (exact) mass is 432 g/mol. The fourth-order valence-corrected chi connectivity index (χ4v) is 5.32. The minimum absolute atomic E-state index is 0.000161. The third-order valence-corrected chi connectivity index (χ3v) is 6.78. The molecule has 2 aromatic heterocycles. The van der Waals surface area contributed by atoms with Crippen molar-refractivity contribution in [1.82, 2.24) is 19.8 Å². The molecule has 4 heterocycles. The summed E-state index contributed by atoms with van der Waals surface area (Å²) in [6.45, 7) is 6.02. The van der Waals surface area contributed by atoms with Gasteiger partial charge in [0.25, 0.3) is 0 Å². The lowest BCUT2D eigenvalue weighted by Gasteiger charge is -2.30. The van der Waals surface area contributed by atoms with Gasteiger partial charge >= 0.3 is 0 Å². The van der Waals surface area contributed by atoms with E-state index >= 15 is 0 Å². The van der Waals surface area contributed by atoms with E-state index in [1.807, 2.05) is 18.3 Å². The average Bonchev–Trinajstić information content (AvgIpc) is 3.49. The predicted octanol–water partition coefficient (Wildman–Crippen LogP) is 4.64. The van der Waals surface area contributed by atoms with Crippen molar-refractivity contribution in [3.05, 3.63) is 83.4 Å². The Labute approximate surface area is 189 Å². The molecule has 6 heteroatoms. The van der Waals surface area contributed by atoms with Crippen LogP contribution in [0.25, 0.3) is 5.69 Å². The van der Waals surface area contributed by atoms with E-state index in [0.29, 0.717) is 0 Å². The summed E-state index contributed by atoms with van der Waals surface area (Å²) in [5.74, 6) is 0. The molecule has 0 radical (unpaired) electrons. The second-order valence-corrected chi connectivity index (χ2v) is 8.80. The van der Waals surface area contributed by atoms with Gasteiger partial charge in [-0.25, -0.2) is 0 Å². The maximum absolute atomic E-state index is 5.97. The van der Waals surface area contributed by atoms with E-state index in [1.54, 1.807) is 0 Å². The fourth-order valence-electron chi connectivity index (χ4n) is 5.01. The summed E-state index contributed by atoms with van der Waals surface area (Å²) in [7, 11) is 0. The van der Waals surface area contributed by atoms with Crippen molar-refractivity contribution in [3.63, 3.8) is 0 Å². The van der Waals surface area contributed by atoms with Crippen molar-refractivity contribution >= 4 is 17.3 Å². The number of aromatic nitrogens is 2. The van der Waals surface area contributed by atoms with Gasteiger partial charge in [-0.05, 0) is 74.8 Å². The van der Waals surface area contributed by atoms with Gasteiger partial charge in [0.2, 0.25) is 0 Å². The van der Waals surface area contributed by atoms with Crippen LogP contribution in [0.5, 0.6) is 0 Å². The van der Waals surface area contributed by atoms with E-state index in [-0.39, 0.29) is 18.2 Å². The van der Waals surface area contributed by atoms with E-state index in [4.69, 9.17) is 17.0 Å². The Morgan fingerprint density at radius 3 is 2.65 bits per heavy atom. The van der Waals surface area contributed by atoms with Crippen LogP contribution in [-0.4, -0.2) is 38.8 Å². The second kappa shape index (κ2) is 8.44. The number of rotatable bonds is 5. The Morgan fingerprint density at radius 1 is 1.13 bits per heavy atom. The number of pyridine rings is 1. The van der Waals surface area contributed by atoms with Crippen LogP contribution in [0.15, 0.2) is 60.8 Å². The van der Waals surface area contributed by atoms with Gasteiger partial charge in [0.1, 0.15) is 0 Å². The summed E-state index contributed by atoms with van der Waals surface area (Å²) < 4.78 is 8.30. The highest BCUT2D eigenvalue weighted by atomic mass is 32.1. The molecule has 2 fully saturated rings. The highest BCUT2D eigenvalue weighted by molar-refractivity contribution is 7.80. The Hall–Kier alpha value is -2.70. The Kier molecular flexibility index (Phi) is 5.50. The Balaban J connectivity index is 1.59. The summed E-state index contributed by atoms with van der Waals surface area (Å²) >= 11 is 5.83. The minimum Gasteiger partial charge on any atom is -0.376 e. The van der Waals surface area contributed by atoms with Gasteiger partial charge in [0.05, 0.1) is 23.9 Å². The molecular weight excluding hydrogens is 404 g/mol. The molecule has 3 atom stereocenters. The molecule has 0 amide bonds. The van der Waals surface area contributed by atoms with Crippen LogP contribution in [0.3, 0.4) is 0 Å².